The molecular formula is C17H19BrFN. The van der Waals surface area contributed by atoms with Gasteiger partial charge in [-0.25, -0.2) is 4.39 Å². The summed E-state index contributed by atoms with van der Waals surface area (Å²) in [5, 5.41) is 3.43. The van der Waals surface area contributed by atoms with E-state index in [9.17, 15) is 4.39 Å². The summed E-state index contributed by atoms with van der Waals surface area (Å²) in [5.74, 6) is -0.185. The van der Waals surface area contributed by atoms with Crippen molar-refractivity contribution in [3.63, 3.8) is 0 Å². The van der Waals surface area contributed by atoms with Crippen LogP contribution in [-0.2, 0) is 0 Å². The first-order valence-corrected chi connectivity index (χ1v) is 7.47. The van der Waals surface area contributed by atoms with Gasteiger partial charge in [0.1, 0.15) is 5.82 Å². The summed E-state index contributed by atoms with van der Waals surface area (Å²) < 4.78 is 14.8. The highest BCUT2D eigenvalue weighted by Gasteiger charge is 2.13. The molecule has 20 heavy (non-hydrogen) atoms. The molecule has 0 spiro atoms. The van der Waals surface area contributed by atoms with Crippen LogP contribution in [0.2, 0.25) is 0 Å². The topological polar surface area (TPSA) is 12.0 Å². The van der Waals surface area contributed by atoms with Crippen LogP contribution in [0.4, 0.5) is 10.1 Å². The first-order chi connectivity index (χ1) is 9.38. The molecule has 1 nitrogen and oxygen atoms in total. The van der Waals surface area contributed by atoms with E-state index >= 15 is 0 Å². The van der Waals surface area contributed by atoms with Gasteiger partial charge in [-0.3, -0.25) is 0 Å². The molecule has 0 aliphatic heterocycles. The molecule has 0 aliphatic carbocycles. The fraction of sp³-hybridized carbons (Fsp3) is 0.294. The van der Waals surface area contributed by atoms with E-state index in [4.69, 9.17) is 0 Å². The molecule has 1 atom stereocenters. The van der Waals surface area contributed by atoms with Gasteiger partial charge >= 0.3 is 0 Å². The number of rotatable bonds is 3. The molecule has 0 bridgehead atoms. The van der Waals surface area contributed by atoms with Gasteiger partial charge in [-0.15, -0.1) is 0 Å². The maximum atomic E-state index is 13.9. The number of benzene rings is 2. The Balaban J connectivity index is 2.32. The van der Waals surface area contributed by atoms with Gasteiger partial charge in [0.2, 0.25) is 0 Å². The normalized spacial score (nSPS) is 12.3. The van der Waals surface area contributed by atoms with Crippen LogP contribution in [-0.4, -0.2) is 0 Å². The molecule has 1 N–H and O–H groups in total. The average molecular weight is 336 g/mol. The van der Waals surface area contributed by atoms with Crippen LogP contribution in [0.15, 0.2) is 34.8 Å². The number of halogens is 2. The highest BCUT2D eigenvalue weighted by Crippen LogP contribution is 2.29. The lowest BCUT2D eigenvalue weighted by Gasteiger charge is -2.20. The molecule has 0 amide bonds. The van der Waals surface area contributed by atoms with Crippen LogP contribution in [0.25, 0.3) is 0 Å². The molecule has 0 aromatic heterocycles. The van der Waals surface area contributed by atoms with Gasteiger partial charge in [0.15, 0.2) is 0 Å². The zero-order chi connectivity index (χ0) is 14.9. The molecule has 0 aliphatic rings. The Morgan fingerprint density at radius 3 is 2.25 bits per heavy atom. The standard InChI is InChI=1S/C17H19BrFN/c1-10-7-11(2)17(12(3)8-10)20-13(4)15-9-14(18)5-6-16(15)19/h5-9,13,20H,1-4H3. The molecule has 2 rings (SSSR count). The van der Waals surface area contributed by atoms with Crippen LogP contribution < -0.4 is 5.32 Å². The van der Waals surface area contributed by atoms with E-state index in [2.05, 4.69) is 54.2 Å². The monoisotopic (exact) mass is 335 g/mol. The average Bonchev–Trinajstić information content (AvgIpc) is 2.36. The summed E-state index contributed by atoms with van der Waals surface area (Å²) in [6.07, 6.45) is 0. The number of anilines is 1. The molecule has 0 heterocycles. The third-order valence-electron chi connectivity index (χ3n) is 3.46. The fourth-order valence-electron chi connectivity index (χ4n) is 2.55. The molecule has 3 heteroatoms. The lowest BCUT2D eigenvalue weighted by Crippen LogP contribution is -2.11. The van der Waals surface area contributed by atoms with E-state index in [1.165, 1.54) is 22.8 Å². The molecule has 1 unspecified atom stereocenters. The third-order valence-corrected chi connectivity index (χ3v) is 3.96. The van der Waals surface area contributed by atoms with Crippen molar-refractivity contribution in [2.45, 2.75) is 33.7 Å². The van der Waals surface area contributed by atoms with Crippen LogP contribution >= 0.6 is 15.9 Å². The molecule has 0 fully saturated rings. The highest BCUT2D eigenvalue weighted by molar-refractivity contribution is 9.10. The van der Waals surface area contributed by atoms with Crippen molar-refractivity contribution < 1.29 is 4.39 Å². The summed E-state index contributed by atoms with van der Waals surface area (Å²) in [7, 11) is 0. The Kier molecular flexibility index (Phi) is 4.48. The van der Waals surface area contributed by atoms with Crippen molar-refractivity contribution >= 4 is 21.6 Å². The second kappa shape index (κ2) is 5.96. The zero-order valence-electron chi connectivity index (χ0n) is 12.2. The van der Waals surface area contributed by atoms with Crippen LogP contribution in [0.3, 0.4) is 0 Å². The van der Waals surface area contributed by atoms with E-state index in [1.807, 2.05) is 13.0 Å². The molecule has 0 saturated heterocycles. The molecular weight excluding hydrogens is 317 g/mol. The van der Waals surface area contributed by atoms with E-state index < -0.39 is 0 Å². The predicted octanol–water partition coefficient (Wildman–Crippen LogP) is 5.69. The van der Waals surface area contributed by atoms with Gasteiger partial charge in [-0.1, -0.05) is 33.6 Å². The van der Waals surface area contributed by atoms with Gasteiger partial charge < -0.3 is 5.32 Å². The lowest BCUT2D eigenvalue weighted by atomic mass is 10.0. The van der Waals surface area contributed by atoms with Crippen molar-refractivity contribution in [3.05, 3.63) is 62.9 Å². The van der Waals surface area contributed by atoms with Gasteiger partial charge in [0.25, 0.3) is 0 Å². The van der Waals surface area contributed by atoms with Gasteiger partial charge in [0, 0.05) is 15.7 Å². The summed E-state index contributed by atoms with van der Waals surface area (Å²) in [6.45, 7) is 8.21. The van der Waals surface area contributed by atoms with Gasteiger partial charge in [0.05, 0.1) is 6.04 Å². The smallest absolute Gasteiger partial charge is 0.128 e. The minimum atomic E-state index is -0.185. The largest absolute Gasteiger partial charge is 0.378 e. The Hall–Kier alpha value is -1.35. The van der Waals surface area contributed by atoms with Crippen molar-refractivity contribution in [3.8, 4) is 0 Å². The van der Waals surface area contributed by atoms with Gasteiger partial charge in [-0.05, 0) is 57.0 Å². The number of hydrogen-bond donors (Lipinski definition) is 1. The Labute approximate surface area is 128 Å². The fourth-order valence-corrected chi connectivity index (χ4v) is 2.93. The highest BCUT2D eigenvalue weighted by atomic mass is 79.9. The summed E-state index contributed by atoms with van der Waals surface area (Å²) >= 11 is 3.39. The van der Waals surface area contributed by atoms with Crippen LogP contribution in [0, 0.1) is 26.6 Å². The van der Waals surface area contributed by atoms with Gasteiger partial charge in [-0.2, -0.15) is 0 Å². The predicted molar refractivity (Wildman–Crippen MR) is 86.8 cm³/mol. The van der Waals surface area contributed by atoms with Crippen LogP contribution in [0.1, 0.15) is 35.2 Å². The first-order valence-electron chi connectivity index (χ1n) is 6.68. The molecule has 2 aromatic rings. The van der Waals surface area contributed by atoms with Crippen molar-refractivity contribution in [1.82, 2.24) is 0 Å². The maximum absolute atomic E-state index is 13.9. The second-order valence-electron chi connectivity index (χ2n) is 5.31. The quantitative estimate of drug-likeness (QED) is 0.760. The van der Waals surface area contributed by atoms with E-state index in [0.717, 1.165) is 10.2 Å². The Morgan fingerprint density at radius 2 is 1.65 bits per heavy atom. The number of nitrogens with one attached hydrogen (secondary N) is 1. The summed E-state index contributed by atoms with van der Waals surface area (Å²) in [5.41, 5.74) is 5.36. The SMILES string of the molecule is Cc1cc(C)c(NC(C)c2cc(Br)ccc2F)c(C)c1. The molecule has 106 valence electrons. The lowest BCUT2D eigenvalue weighted by molar-refractivity contribution is 0.600. The van der Waals surface area contributed by atoms with Crippen molar-refractivity contribution in [2.75, 3.05) is 5.32 Å². The number of hydrogen-bond acceptors (Lipinski definition) is 1. The first kappa shape index (κ1) is 15.0. The Morgan fingerprint density at radius 1 is 1.05 bits per heavy atom. The molecule has 0 radical (unpaired) electrons. The summed E-state index contributed by atoms with van der Waals surface area (Å²) in [4.78, 5) is 0. The number of aryl methyl sites for hydroxylation is 3. The second-order valence-corrected chi connectivity index (χ2v) is 6.22. The van der Waals surface area contributed by atoms with E-state index in [-0.39, 0.29) is 11.9 Å². The van der Waals surface area contributed by atoms with E-state index in [0.29, 0.717) is 5.56 Å². The Bertz CT molecular complexity index is 614. The van der Waals surface area contributed by atoms with E-state index in [1.54, 1.807) is 6.07 Å². The summed E-state index contributed by atoms with van der Waals surface area (Å²) in [6, 6.07) is 9.22. The molecule has 0 saturated carbocycles. The zero-order valence-corrected chi connectivity index (χ0v) is 13.8. The minimum Gasteiger partial charge on any atom is -0.378 e. The third kappa shape index (κ3) is 3.21. The van der Waals surface area contributed by atoms with Crippen LogP contribution in [0.5, 0.6) is 0 Å². The van der Waals surface area contributed by atoms with Crippen molar-refractivity contribution in [2.24, 2.45) is 0 Å². The molecule has 2 aromatic carbocycles. The minimum absolute atomic E-state index is 0.0902. The maximum Gasteiger partial charge on any atom is 0.128 e. The van der Waals surface area contributed by atoms with Crippen molar-refractivity contribution in [1.29, 1.82) is 0 Å².